The lowest BCUT2D eigenvalue weighted by atomic mass is 10.1. The average Bonchev–Trinajstić information content (AvgIpc) is 3.13. The molecule has 0 unspecified atom stereocenters. The van der Waals surface area contributed by atoms with Crippen LogP contribution >= 0.6 is 23.1 Å². The summed E-state index contributed by atoms with van der Waals surface area (Å²) in [5, 5.41) is 13.2. The van der Waals surface area contributed by atoms with Gasteiger partial charge >= 0.3 is 0 Å². The fourth-order valence-corrected chi connectivity index (χ4v) is 4.31. The van der Waals surface area contributed by atoms with Crippen LogP contribution < -0.4 is 0 Å². The van der Waals surface area contributed by atoms with Crippen LogP contribution in [0.4, 0.5) is 8.78 Å². The summed E-state index contributed by atoms with van der Waals surface area (Å²) in [6, 6.07) is 7.52. The van der Waals surface area contributed by atoms with E-state index in [-0.39, 0.29) is 5.56 Å². The van der Waals surface area contributed by atoms with Gasteiger partial charge in [0.15, 0.2) is 5.82 Å². The predicted octanol–water partition coefficient (Wildman–Crippen LogP) is 4.63. The van der Waals surface area contributed by atoms with E-state index in [4.69, 9.17) is 0 Å². The summed E-state index contributed by atoms with van der Waals surface area (Å²) in [6.45, 7) is 3.80. The molecule has 4 nitrogen and oxygen atoms in total. The standard InChI is InChI=1S/C17H12F2N4S2/c1-9-3-5-12(24-9)8-15-16(13-6-4-11(18)7-14(13)19)22-23-10(2)20-21-17(23)25-15/h3-8H,1-2H3/b15-8-. The van der Waals surface area contributed by atoms with Crippen LogP contribution in [-0.4, -0.2) is 20.6 Å². The first kappa shape index (κ1) is 16.2. The second-order valence-corrected chi connectivity index (χ2v) is 7.80. The van der Waals surface area contributed by atoms with E-state index in [1.54, 1.807) is 22.9 Å². The Balaban J connectivity index is 1.89. The highest BCUT2D eigenvalue weighted by Gasteiger charge is 2.25. The van der Waals surface area contributed by atoms with Gasteiger partial charge in [-0.3, -0.25) is 0 Å². The molecule has 0 bridgehead atoms. The molecule has 8 heteroatoms. The average molecular weight is 374 g/mol. The van der Waals surface area contributed by atoms with E-state index in [0.29, 0.717) is 16.7 Å². The first-order valence-electron chi connectivity index (χ1n) is 7.44. The predicted molar refractivity (Wildman–Crippen MR) is 95.9 cm³/mol. The highest BCUT2D eigenvalue weighted by molar-refractivity contribution is 8.04. The Hall–Kier alpha value is -2.32. The number of fused-ring (bicyclic) bond motifs is 1. The number of rotatable bonds is 2. The largest absolute Gasteiger partial charge is 0.216 e. The van der Waals surface area contributed by atoms with Crippen molar-refractivity contribution in [2.75, 3.05) is 0 Å². The molecule has 3 heterocycles. The zero-order chi connectivity index (χ0) is 17.6. The number of aromatic nitrogens is 3. The third-order valence-corrected chi connectivity index (χ3v) is 5.54. The maximum Gasteiger partial charge on any atom is 0.216 e. The van der Waals surface area contributed by atoms with Crippen molar-refractivity contribution in [1.82, 2.24) is 14.9 Å². The third kappa shape index (κ3) is 3.03. The van der Waals surface area contributed by atoms with E-state index in [1.807, 2.05) is 25.1 Å². The molecule has 3 aromatic rings. The van der Waals surface area contributed by atoms with Gasteiger partial charge in [-0.25, -0.2) is 8.78 Å². The van der Waals surface area contributed by atoms with Gasteiger partial charge in [0.1, 0.15) is 17.3 Å². The molecule has 4 rings (SSSR count). The van der Waals surface area contributed by atoms with Crippen molar-refractivity contribution in [1.29, 1.82) is 0 Å². The van der Waals surface area contributed by atoms with E-state index < -0.39 is 11.6 Å². The smallest absolute Gasteiger partial charge is 0.207 e. The molecule has 0 fully saturated rings. The Morgan fingerprint density at radius 3 is 2.64 bits per heavy atom. The van der Waals surface area contributed by atoms with Crippen LogP contribution in [0.15, 0.2) is 45.5 Å². The van der Waals surface area contributed by atoms with Crippen molar-refractivity contribution in [3.63, 3.8) is 0 Å². The summed E-state index contributed by atoms with van der Waals surface area (Å²) < 4.78 is 29.2. The van der Waals surface area contributed by atoms with E-state index >= 15 is 0 Å². The van der Waals surface area contributed by atoms with E-state index in [2.05, 4.69) is 15.3 Å². The van der Waals surface area contributed by atoms with Crippen LogP contribution in [0.5, 0.6) is 0 Å². The lowest BCUT2D eigenvalue weighted by molar-refractivity contribution is 0.581. The highest BCUT2D eigenvalue weighted by Crippen LogP contribution is 2.36. The second-order valence-electron chi connectivity index (χ2n) is 5.47. The molecule has 126 valence electrons. The minimum Gasteiger partial charge on any atom is -0.207 e. The summed E-state index contributed by atoms with van der Waals surface area (Å²) in [4.78, 5) is 2.95. The first-order valence-corrected chi connectivity index (χ1v) is 9.07. The molecule has 2 aromatic heterocycles. The number of hydrogen-bond acceptors (Lipinski definition) is 5. The molecule has 0 saturated carbocycles. The van der Waals surface area contributed by atoms with E-state index in [0.717, 1.165) is 15.8 Å². The monoisotopic (exact) mass is 374 g/mol. The zero-order valence-corrected chi connectivity index (χ0v) is 15.0. The second kappa shape index (κ2) is 6.20. The Labute approximate surface area is 150 Å². The quantitative estimate of drug-likeness (QED) is 0.657. The third-order valence-electron chi connectivity index (χ3n) is 3.62. The summed E-state index contributed by atoms with van der Waals surface area (Å²) in [5.74, 6) is -0.666. The molecule has 1 aliphatic rings. The van der Waals surface area contributed by atoms with Crippen molar-refractivity contribution < 1.29 is 8.78 Å². The Morgan fingerprint density at radius 1 is 1.08 bits per heavy atom. The minimum absolute atomic E-state index is 0.243. The molecule has 0 atom stereocenters. The maximum atomic E-state index is 14.4. The number of allylic oxidation sites excluding steroid dienone is 1. The van der Waals surface area contributed by atoms with E-state index in [1.165, 1.54) is 28.8 Å². The summed E-state index contributed by atoms with van der Waals surface area (Å²) >= 11 is 2.99. The lowest BCUT2D eigenvalue weighted by Crippen LogP contribution is -2.14. The topological polar surface area (TPSA) is 43.1 Å². The molecular formula is C17H12F2N4S2. The molecule has 0 radical (unpaired) electrons. The molecule has 0 saturated heterocycles. The molecule has 0 aliphatic carbocycles. The summed E-state index contributed by atoms with van der Waals surface area (Å²) in [6.07, 6.45) is 1.94. The minimum atomic E-state index is -0.651. The normalized spacial score (nSPS) is 15.4. The van der Waals surface area contributed by atoms with Crippen molar-refractivity contribution in [2.45, 2.75) is 19.0 Å². The Kier molecular flexibility index (Phi) is 4.01. The fraction of sp³-hybridized carbons (Fsp3) is 0.118. The first-order chi connectivity index (χ1) is 12.0. The van der Waals surface area contributed by atoms with Crippen LogP contribution in [0.2, 0.25) is 0 Å². The summed E-state index contributed by atoms with van der Waals surface area (Å²) in [5.41, 5.74) is 0.677. The summed E-state index contributed by atoms with van der Waals surface area (Å²) in [7, 11) is 0. The van der Waals surface area contributed by atoms with Gasteiger partial charge < -0.3 is 0 Å². The van der Waals surface area contributed by atoms with Gasteiger partial charge in [0.2, 0.25) is 5.16 Å². The molecule has 0 spiro atoms. The Bertz CT molecular complexity index is 1030. The maximum absolute atomic E-state index is 14.4. The van der Waals surface area contributed by atoms with Crippen molar-refractivity contribution >= 4 is 34.9 Å². The molecule has 0 amide bonds. The number of nitrogens with zero attached hydrogens (tertiary/aromatic N) is 4. The fourth-order valence-electron chi connectivity index (χ4n) is 2.44. The van der Waals surface area contributed by atoms with Crippen molar-refractivity contribution in [2.24, 2.45) is 5.10 Å². The Morgan fingerprint density at radius 2 is 1.92 bits per heavy atom. The zero-order valence-electron chi connectivity index (χ0n) is 13.3. The van der Waals surface area contributed by atoms with Crippen LogP contribution in [0.25, 0.3) is 6.08 Å². The molecule has 0 N–H and O–H groups in total. The lowest BCUT2D eigenvalue weighted by Gasteiger charge is -2.17. The number of hydrogen-bond donors (Lipinski definition) is 0. The van der Waals surface area contributed by atoms with Gasteiger partial charge in [0.05, 0.1) is 0 Å². The van der Waals surface area contributed by atoms with Crippen molar-refractivity contribution in [3.05, 3.63) is 68.0 Å². The van der Waals surface area contributed by atoms with Gasteiger partial charge in [-0.1, -0.05) is 0 Å². The van der Waals surface area contributed by atoms with Crippen LogP contribution in [-0.2, 0) is 0 Å². The van der Waals surface area contributed by atoms with Crippen LogP contribution in [0, 0.1) is 25.5 Å². The molecule has 1 aromatic carbocycles. The number of thiophene rings is 1. The number of thioether (sulfide) groups is 1. The van der Waals surface area contributed by atoms with Crippen LogP contribution in [0.3, 0.4) is 0 Å². The number of halogens is 2. The molecular weight excluding hydrogens is 362 g/mol. The van der Waals surface area contributed by atoms with Gasteiger partial charge in [-0.15, -0.1) is 21.5 Å². The van der Waals surface area contributed by atoms with Gasteiger partial charge in [-0.2, -0.15) is 9.78 Å². The van der Waals surface area contributed by atoms with Crippen LogP contribution in [0.1, 0.15) is 21.1 Å². The van der Waals surface area contributed by atoms with Gasteiger partial charge in [0, 0.05) is 26.3 Å². The molecule has 1 aliphatic heterocycles. The van der Waals surface area contributed by atoms with Crippen molar-refractivity contribution in [3.8, 4) is 0 Å². The molecule has 25 heavy (non-hydrogen) atoms. The van der Waals surface area contributed by atoms with Gasteiger partial charge in [-0.05, 0) is 56.0 Å². The number of benzene rings is 1. The SMILES string of the molecule is Cc1ccc(/C=C2\Sc3nnc(C)n3N=C2c2ccc(F)cc2F)s1. The van der Waals surface area contributed by atoms with E-state index in [9.17, 15) is 8.78 Å². The number of aryl methyl sites for hydroxylation is 2. The van der Waals surface area contributed by atoms with Gasteiger partial charge in [0.25, 0.3) is 0 Å². The highest BCUT2D eigenvalue weighted by atomic mass is 32.2.